The second-order valence-electron chi connectivity index (χ2n) is 7.38. The van der Waals surface area contributed by atoms with E-state index in [-0.39, 0.29) is 17.9 Å². The molecule has 1 unspecified atom stereocenters. The van der Waals surface area contributed by atoms with Gasteiger partial charge in [-0.2, -0.15) is 13.2 Å². The van der Waals surface area contributed by atoms with Crippen LogP contribution in [-0.2, 0) is 11.3 Å². The molecule has 0 fully saturated rings. The minimum atomic E-state index is -4.80. The highest BCUT2D eigenvalue weighted by atomic mass is 19.4. The van der Waals surface area contributed by atoms with Crippen LogP contribution < -0.4 is 14.2 Å². The number of ether oxygens (including phenoxy) is 4. The monoisotopic (exact) mass is 500 g/mol. The van der Waals surface area contributed by atoms with Crippen LogP contribution >= 0.6 is 0 Å². The molecule has 1 atom stereocenters. The highest BCUT2D eigenvalue weighted by Crippen LogP contribution is 2.36. The normalized spacial score (nSPS) is 12.8. The average molecular weight is 500 g/mol. The van der Waals surface area contributed by atoms with Gasteiger partial charge >= 0.3 is 12.5 Å². The topological polar surface area (TPSA) is 36.9 Å². The molecule has 0 heterocycles. The Labute approximate surface area is 198 Å². The summed E-state index contributed by atoms with van der Waals surface area (Å²) in [5.74, 6) is -1.12. The minimum absolute atomic E-state index is 0.0657. The Morgan fingerprint density at radius 1 is 0.743 bits per heavy atom. The number of alkyl halides is 6. The van der Waals surface area contributed by atoms with E-state index in [1.807, 2.05) is 0 Å². The van der Waals surface area contributed by atoms with Crippen LogP contribution in [-0.4, -0.2) is 25.8 Å². The van der Waals surface area contributed by atoms with Gasteiger partial charge in [0.2, 0.25) is 0 Å². The first kappa shape index (κ1) is 26.2. The summed E-state index contributed by atoms with van der Waals surface area (Å²) in [4.78, 5) is 0. The van der Waals surface area contributed by atoms with Gasteiger partial charge in [-0.25, -0.2) is 0 Å². The molecule has 0 saturated heterocycles. The van der Waals surface area contributed by atoms with Gasteiger partial charge in [0.25, 0.3) is 0 Å². The Morgan fingerprint density at radius 3 is 1.97 bits per heavy atom. The maximum Gasteiger partial charge on any atom is 0.573 e. The van der Waals surface area contributed by atoms with Crippen LogP contribution in [0.2, 0.25) is 0 Å². The van der Waals surface area contributed by atoms with Crippen molar-refractivity contribution >= 4 is 0 Å². The van der Waals surface area contributed by atoms with Crippen molar-refractivity contribution < 1.29 is 45.3 Å². The van der Waals surface area contributed by atoms with Crippen molar-refractivity contribution in [1.82, 2.24) is 0 Å². The molecule has 3 aromatic carbocycles. The van der Waals surface area contributed by atoms with Crippen molar-refractivity contribution in [3.05, 3.63) is 83.9 Å². The summed E-state index contributed by atoms with van der Waals surface area (Å²) in [6.45, 7) is 1.51. The summed E-state index contributed by atoms with van der Waals surface area (Å²) in [6, 6.07) is 17.0. The Hall–Kier alpha value is -3.40. The van der Waals surface area contributed by atoms with Crippen molar-refractivity contribution in [3.8, 4) is 23.0 Å². The Morgan fingerprint density at radius 2 is 1.37 bits per heavy atom. The molecule has 35 heavy (non-hydrogen) atoms. The van der Waals surface area contributed by atoms with Crippen LogP contribution in [0.4, 0.5) is 26.3 Å². The maximum atomic E-state index is 13.6. The van der Waals surface area contributed by atoms with Crippen LogP contribution in [0, 0.1) is 0 Å². The van der Waals surface area contributed by atoms with Gasteiger partial charge in [0.05, 0.1) is 19.8 Å². The summed E-state index contributed by atoms with van der Waals surface area (Å²) < 4.78 is 97.6. The molecule has 3 rings (SSSR count). The fraction of sp³-hybridized carbons (Fsp3) is 0.280. The van der Waals surface area contributed by atoms with Gasteiger partial charge in [-0.15, -0.1) is 13.2 Å². The molecule has 0 aliphatic carbocycles. The summed E-state index contributed by atoms with van der Waals surface area (Å²) in [6.07, 6.45) is -9.30. The molecule has 0 amide bonds. The van der Waals surface area contributed by atoms with Gasteiger partial charge in [0.15, 0.2) is 0 Å². The van der Waals surface area contributed by atoms with Crippen LogP contribution in [0.1, 0.15) is 24.0 Å². The van der Waals surface area contributed by atoms with Crippen molar-refractivity contribution in [2.24, 2.45) is 0 Å². The molecule has 0 N–H and O–H groups in total. The summed E-state index contributed by atoms with van der Waals surface area (Å²) in [5, 5.41) is 0. The summed E-state index contributed by atoms with van der Waals surface area (Å²) in [5.41, 5.74) is 0.628. The second kappa shape index (κ2) is 11.4. The van der Waals surface area contributed by atoms with E-state index in [0.29, 0.717) is 23.7 Å². The fourth-order valence-electron chi connectivity index (χ4n) is 3.18. The Kier molecular flexibility index (Phi) is 8.50. The molecule has 10 heteroatoms. The van der Waals surface area contributed by atoms with Gasteiger partial charge in [-0.3, -0.25) is 0 Å². The summed E-state index contributed by atoms with van der Waals surface area (Å²) >= 11 is 0. The summed E-state index contributed by atoms with van der Waals surface area (Å²) in [7, 11) is 0. The van der Waals surface area contributed by atoms with E-state index in [2.05, 4.69) is 4.74 Å². The lowest BCUT2D eigenvalue weighted by Gasteiger charge is -2.21. The lowest BCUT2D eigenvalue weighted by Crippen LogP contribution is -2.25. The molecular weight excluding hydrogens is 478 g/mol. The van der Waals surface area contributed by atoms with Crippen molar-refractivity contribution in [3.63, 3.8) is 0 Å². The first-order valence-electron chi connectivity index (χ1n) is 10.5. The highest BCUT2D eigenvalue weighted by Gasteiger charge is 2.40. The van der Waals surface area contributed by atoms with Crippen LogP contribution in [0.5, 0.6) is 23.0 Å². The van der Waals surface area contributed by atoms with Crippen molar-refractivity contribution in [1.29, 1.82) is 0 Å². The van der Waals surface area contributed by atoms with E-state index in [1.165, 1.54) is 36.4 Å². The molecule has 4 nitrogen and oxygen atoms in total. The third kappa shape index (κ3) is 8.40. The lowest BCUT2D eigenvalue weighted by molar-refractivity contribution is -0.274. The zero-order valence-electron chi connectivity index (χ0n) is 18.5. The third-order valence-corrected chi connectivity index (χ3v) is 4.73. The first-order chi connectivity index (χ1) is 16.5. The fourth-order valence-corrected chi connectivity index (χ4v) is 3.18. The van der Waals surface area contributed by atoms with E-state index in [4.69, 9.17) is 14.2 Å². The van der Waals surface area contributed by atoms with E-state index in [1.54, 1.807) is 31.2 Å². The Balaban J connectivity index is 1.59. The third-order valence-electron chi connectivity index (χ3n) is 4.73. The Bertz CT molecular complexity index is 1060. The second-order valence-corrected chi connectivity index (χ2v) is 7.38. The highest BCUT2D eigenvalue weighted by molar-refractivity contribution is 5.37. The number of halogens is 6. The number of benzene rings is 3. The van der Waals surface area contributed by atoms with E-state index < -0.39 is 30.8 Å². The molecule has 0 aliphatic rings. The number of rotatable bonds is 10. The minimum Gasteiger partial charge on any atom is -0.494 e. The quantitative estimate of drug-likeness (QED) is 0.268. The van der Waals surface area contributed by atoms with Crippen molar-refractivity contribution in [2.45, 2.75) is 32.0 Å². The molecular formula is C25H22F6O4. The zero-order chi connectivity index (χ0) is 25.5. The standard InChI is InChI=1S/C25H22F6O4/c1-2-33-19-8-6-18(7-9-19)23(24(26,27)28)16-32-15-17-4-3-5-22(14-17)34-20-10-12-21(13-11-20)35-25(29,30)31/h3-14,23H,2,15-16H2,1H3. The molecule has 0 saturated carbocycles. The van der Waals surface area contributed by atoms with E-state index in [9.17, 15) is 26.3 Å². The zero-order valence-corrected chi connectivity index (χ0v) is 18.5. The van der Waals surface area contributed by atoms with Crippen LogP contribution in [0.3, 0.4) is 0 Å². The van der Waals surface area contributed by atoms with Crippen LogP contribution in [0.25, 0.3) is 0 Å². The average Bonchev–Trinajstić information content (AvgIpc) is 2.78. The lowest BCUT2D eigenvalue weighted by atomic mass is 9.99. The molecule has 0 aromatic heterocycles. The molecule has 0 spiro atoms. The predicted molar refractivity (Wildman–Crippen MR) is 116 cm³/mol. The first-order valence-corrected chi connectivity index (χ1v) is 10.5. The number of hydrogen-bond donors (Lipinski definition) is 0. The molecule has 188 valence electrons. The van der Waals surface area contributed by atoms with Crippen LogP contribution in [0.15, 0.2) is 72.8 Å². The van der Waals surface area contributed by atoms with Gasteiger partial charge in [-0.1, -0.05) is 24.3 Å². The number of hydrogen-bond acceptors (Lipinski definition) is 4. The van der Waals surface area contributed by atoms with Gasteiger partial charge in [-0.05, 0) is 66.6 Å². The van der Waals surface area contributed by atoms with Gasteiger partial charge in [0.1, 0.15) is 28.9 Å². The van der Waals surface area contributed by atoms with E-state index >= 15 is 0 Å². The van der Waals surface area contributed by atoms with Crippen molar-refractivity contribution in [2.75, 3.05) is 13.2 Å². The largest absolute Gasteiger partial charge is 0.573 e. The smallest absolute Gasteiger partial charge is 0.494 e. The van der Waals surface area contributed by atoms with Gasteiger partial charge < -0.3 is 18.9 Å². The predicted octanol–water partition coefficient (Wildman–Crippen LogP) is 7.64. The molecule has 0 bridgehead atoms. The SMILES string of the molecule is CCOc1ccc(C(COCc2cccc(Oc3ccc(OC(F)(F)F)cc3)c2)C(F)(F)F)cc1. The van der Waals surface area contributed by atoms with E-state index in [0.717, 1.165) is 12.1 Å². The maximum absolute atomic E-state index is 13.6. The molecule has 0 aliphatic heterocycles. The van der Waals surface area contributed by atoms with Gasteiger partial charge in [0, 0.05) is 0 Å². The molecule has 3 aromatic rings. The molecule has 0 radical (unpaired) electrons.